The predicted molar refractivity (Wildman–Crippen MR) is 119 cm³/mol. The summed E-state index contributed by atoms with van der Waals surface area (Å²) in [4.78, 5) is 28.9. The number of carbonyl (C=O) groups is 2. The summed E-state index contributed by atoms with van der Waals surface area (Å²) in [5.41, 5.74) is 2.08. The smallest absolute Gasteiger partial charge is 0.224 e. The summed E-state index contributed by atoms with van der Waals surface area (Å²) in [6.45, 7) is 8.97. The Balaban J connectivity index is 1.74. The normalized spacial score (nSPS) is 14.6. The van der Waals surface area contributed by atoms with Crippen LogP contribution >= 0.6 is 11.8 Å². The third-order valence-electron chi connectivity index (χ3n) is 4.85. The zero-order valence-electron chi connectivity index (χ0n) is 17.4. The molecule has 0 aromatic heterocycles. The zero-order valence-corrected chi connectivity index (χ0v) is 18.2. The highest BCUT2D eigenvalue weighted by atomic mass is 32.2. The lowest BCUT2D eigenvalue weighted by Gasteiger charge is -2.26. The molecular weight excluding hydrogens is 370 g/mol. The van der Waals surface area contributed by atoms with Crippen molar-refractivity contribution in [2.24, 2.45) is 0 Å². The van der Waals surface area contributed by atoms with Crippen LogP contribution in [0, 0.1) is 0 Å². The lowest BCUT2D eigenvalue weighted by atomic mass is 10.1. The van der Waals surface area contributed by atoms with Crippen molar-refractivity contribution in [1.82, 2.24) is 9.80 Å². The van der Waals surface area contributed by atoms with Gasteiger partial charge in [-0.05, 0) is 37.0 Å². The molecule has 1 saturated heterocycles. The summed E-state index contributed by atoms with van der Waals surface area (Å²) >= 11 is 2.01. The van der Waals surface area contributed by atoms with Crippen LogP contribution in [-0.4, -0.2) is 59.3 Å². The van der Waals surface area contributed by atoms with Gasteiger partial charge in [-0.3, -0.25) is 14.5 Å². The van der Waals surface area contributed by atoms with E-state index in [2.05, 4.69) is 36.2 Å². The van der Waals surface area contributed by atoms with Crippen molar-refractivity contribution >= 4 is 29.3 Å². The molecule has 1 N–H and O–H groups in total. The van der Waals surface area contributed by atoms with Gasteiger partial charge < -0.3 is 10.2 Å². The van der Waals surface area contributed by atoms with Gasteiger partial charge in [0.2, 0.25) is 11.8 Å². The number of thioether (sulfide) groups is 1. The molecule has 156 valence electrons. The van der Waals surface area contributed by atoms with E-state index in [1.807, 2.05) is 28.8 Å². The lowest BCUT2D eigenvalue weighted by molar-refractivity contribution is -0.131. The van der Waals surface area contributed by atoms with Crippen LogP contribution in [0.5, 0.6) is 0 Å². The number of anilines is 1. The number of carbonyl (C=O) groups excluding carboxylic acids is 2. The summed E-state index contributed by atoms with van der Waals surface area (Å²) in [6.07, 6.45) is 3.36. The molecule has 1 fully saturated rings. The monoisotopic (exact) mass is 405 g/mol. The summed E-state index contributed by atoms with van der Waals surface area (Å²) in [5, 5.41) is 2.99. The maximum absolute atomic E-state index is 12.3. The Morgan fingerprint density at radius 1 is 1.11 bits per heavy atom. The minimum Gasteiger partial charge on any atom is -0.343 e. The van der Waals surface area contributed by atoms with Crippen LogP contribution in [0.15, 0.2) is 24.3 Å². The second-order valence-corrected chi connectivity index (χ2v) is 8.60. The third-order valence-corrected chi connectivity index (χ3v) is 5.80. The highest BCUT2D eigenvalue weighted by Gasteiger charge is 2.13. The second kappa shape index (κ2) is 12.8. The molecule has 2 rings (SSSR count). The van der Waals surface area contributed by atoms with E-state index in [0.29, 0.717) is 19.3 Å². The van der Waals surface area contributed by atoms with Gasteiger partial charge >= 0.3 is 0 Å². The van der Waals surface area contributed by atoms with Crippen molar-refractivity contribution in [3.05, 3.63) is 29.8 Å². The number of rotatable bonds is 11. The standard InChI is InChI=1S/C22H35N3O2S/c1-3-11-25(12-4-2)22(27)10-6-9-21(26)23-20-8-5-7-19(17-20)18-24-13-15-28-16-14-24/h5,7-8,17H,3-4,6,9-16,18H2,1-2H3,(H,23,26). The number of hydrogen-bond donors (Lipinski definition) is 1. The molecule has 6 heteroatoms. The van der Waals surface area contributed by atoms with E-state index in [0.717, 1.165) is 51.3 Å². The summed E-state index contributed by atoms with van der Waals surface area (Å²) < 4.78 is 0. The molecule has 0 atom stereocenters. The van der Waals surface area contributed by atoms with Crippen molar-refractivity contribution in [3.8, 4) is 0 Å². The van der Waals surface area contributed by atoms with E-state index in [-0.39, 0.29) is 11.8 Å². The highest BCUT2D eigenvalue weighted by molar-refractivity contribution is 7.99. The third kappa shape index (κ3) is 8.23. The molecule has 28 heavy (non-hydrogen) atoms. The molecule has 1 aliphatic rings. The first-order valence-electron chi connectivity index (χ1n) is 10.6. The molecule has 1 heterocycles. The minimum atomic E-state index is -0.0168. The fourth-order valence-corrected chi connectivity index (χ4v) is 4.43. The maximum atomic E-state index is 12.3. The van der Waals surface area contributed by atoms with Crippen LogP contribution in [0.2, 0.25) is 0 Å². The van der Waals surface area contributed by atoms with E-state index in [1.54, 1.807) is 0 Å². The van der Waals surface area contributed by atoms with Crippen molar-refractivity contribution in [3.63, 3.8) is 0 Å². The fourth-order valence-electron chi connectivity index (χ4n) is 3.45. The topological polar surface area (TPSA) is 52.7 Å². The van der Waals surface area contributed by atoms with Gasteiger partial charge in [0.25, 0.3) is 0 Å². The molecule has 5 nitrogen and oxygen atoms in total. The molecular formula is C22H35N3O2S. The van der Waals surface area contributed by atoms with Crippen molar-refractivity contribution < 1.29 is 9.59 Å². The van der Waals surface area contributed by atoms with Crippen LogP contribution in [0.1, 0.15) is 51.5 Å². The molecule has 0 spiro atoms. The molecule has 0 radical (unpaired) electrons. The molecule has 1 aromatic carbocycles. The molecule has 0 bridgehead atoms. The predicted octanol–water partition coefficient (Wildman–Crippen LogP) is 3.99. The zero-order chi connectivity index (χ0) is 20.2. The van der Waals surface area contributed by atoms with Crippen LogP contribution in [0.3, 0.4) is 0 Å². The average molecular weight is 406 g/mol. The minimum absolute atomic E-state index is 0.0168. The summed E-state index contributed by atoms with van der Waals surface area (Å²) in [7, 11) is 0. The van der Waals surface area contributed by atoms with E-state index < -0.39 is 0 Å². The number of amides is 2. The molecule has 1 aliphatic heterocycles. The first-order chi connectivity index (χ1) is 13.6. The van der Waals surface area contributed by atoms with Crippen molar-refractivity contribution in [2.45, 2.75) is 52.5 Å². The Hall–Kier alpha value is -1.53. The van der Waals surface area contributed by atoms with Crippen LogP contribution in [0.25, 0.3) is 0 Å². The Bertz CT molecular complexity index is 612. The average Bonchev–Trinajstić information content (AvgIpc) is 2.69. The Morgan fingerprint density at radius 3 is 2.50 bits per heavy atom. The first kappa shape index (κ1) is 22.8. The van der Waals surface area contributed by atoms with Crippen LogP contribution in [0.4, 0.5) is 5.69 Å². The highest BCUT2D eigenvalue weighted by Crippen LogP contribution is 2.16. The van der Waals surface area contributed by atoms with E-state index in [1.165, 1.54) is 17.1 Å². The molecule has 0 saturated carbocycles. The molecule has 2 amide bonds. The van der Waals surface area contributed by atoms with Gasteiger partial charge in [0, 0.05) is 62.8 Å². The number of nitrogens with one attached hydrogen (secondary N) is 1. The lowest BCUT2D eigenvalue weighted by Crippen LogP contribution is -2.32. The molecule has 1 aromatic rings. The van der Waals surface area contributed by atoms with Gasteiger partial charge in [-0.1, -0.05) is 26.0 Å². The first-order valence-corrected chi connectivity index (χ1v) is 11.7. The Kier molecular flexibility index (Phi) is 10.4. The van der Waals surface area contributed by atoms with E-state index in [4.69, 9.17) is 0 Å². The molecule has 0 aliphatic carbocycles. The van der Waals surface area contributed by atoms with E-state index >= 15 is 0 Å². The maximum Gasteiger partial charge on any atom is 0.224 e. The van der Waals surface area contributed by atoms with Gasteiger partial charge in [0.15, 0.2) is 0 Å². The Labute approximate surface area is 174 Å². The summed E-state index contributed by atoms with van der Waals surface area (Å²) in [5.74, 6) is 2.54. The second-order valence-electron chi connectivity index (χ2n) is 7.37. The quantitative estimate of drug-likeness (QED) is 0.605. The fraction of sp³-hybridized carbons (Fsp3) is 0.636. The SMILES string of the molecule is CCCN(CCC)C(=O)CCCC(=O)Nc1cccc(CN2CCSCC2)c1. The van der Waals surface area contributed by atoms with Gasteiger partial charge in [-0.2, -0.15) is 11.8 Å². The Morgan fingerprint density at radius 2 is 1.82 bits per heavy atom. The van der Waals surface area contributed by atoms with Gasteiger partial charge in [-0.15, -0.1) is 0 Å². The number of nitrogens with zero attached hydrogens (tertiary/aromatic N) is 2. The van der Waals surface area contributed by atoms with Crippen molar-refractivity contribution in [1.29, 1.82) is 0 Å². The molecule has 0 unspecified atom stereocenters. The van der Waals surface area contributed by atoms with Crippen molar-refractivity contribution in [2.75, 3.05) is 43.0 Å². The van der Waals surface area contributed by atoms with Crippen LogP contribution in [-0.2, 0) is 16.1 Å². The van der Waals surface area contributed by atoms with E-state index in [9.17, 15) is 9.59 Å². The van der Waals surface area contributed by atoms with Gasteiger partial charge in [0.1, 0.15) is 0 Å². The number of hydrogen-bond acceptors (Lipinski definition) is 4. The number of benzene rings is 1. The van der Waals surface area contributed by atoms with Crippen LogP contribution < -0.4 is 5.32 Å². The van der Waals surface area contributed by atoms with Gasteiger partial charge in [0.05, 0.1) is 0 Å². The van der Waals surface area contributed by atoms with Gasteiger partial charge in [-0.25, -0.2) is 0 Å². The largest absolute Gasteiger partial charge is 0.343 e. The summed E-state index contributed by atoms with van der Waals surface area (Å²) in [6, 6.07) is 8.12.